The monoisotopic (exact) mass is 404 g/mol. The lowest BCUT2D eigenvalue weighted by molar-refractivity contribution is -0.122. The number of nitrogens with one attached hydrogen (secondary N) is 2. The third kappa shape index (κ3) is 3.66. The van der Waals surface area contributed by atoms with Gasteiger partial charge in [-0.05, 0) is 50.1 Å². The molecule has 2 aromatic carbocycles. The van der Waals surface area contributed by atoms with Gasteiger partial charge in [0.2, 0.25) is 5.91 Å². The summed E-state index contributed by atoms with van der Waals surface area (Å²) < 4.78 is 3.22. The SMILES string of the molecule is Cc1c(NC(=O)c2cccc(NC(=O)C3CCC3)c2)c(=O)n(-c2ccccc2)n1C. The molecule has 2 amide bonds. The fourth-order valence-corrected chi connectivity index (χ4v) is 3.55. The van der Waals surface area contributed by atoms with Crippen LogP contribution in [0, 0.1) is 12.8 Å². The fourth-order valence-electron chi connectivity index (χ4n) is 3.55. The van der Waals surface area contributed by atoms with Gasteiger partial charge >= 0.3 is 0 Å². The van der Waals surface area contributed by atoms with Crippen molar-refractivity contribution in [2.45, 2.75) is 26.2 Å². The number of amides is 2. The van der Waals surface area contributed by atoms with E-state index in [2.05, 4.69) is 10.6 Å². The molecule has 0 aliphatic heterocycles. The zero-order valence-corrected chi connectivity index (χ0v) is 17.0. The molecule has 0 bridgehead atoms. The van der Waals surface area contributed by atoms with Crippen molar-refractivity contribution in [1.82, 2.24) is 9.36 Å². The van der Waals surface area contributed by atoms with E-state index >= 15 is 0 Å². The number of aromatic nitrogens is 2. The number of anilines is 2. The van der Waals surface area contributed by atoms with Gasteiger partial charge < -0.3 is 10.6 Å². The molecule has 30 heavy (non-hydrogen) atoms. The molecule has 1 aromatic heterocycles. The summed E-state index contributed by atoms with van der Waals surface area (Å²) in [6, 6.07) is 16.0. The van der Waals surface area contributed by atoms with Gasteiger partial charge in [-0.2, -0.15) is 0 Å². The Morgan fingerprint density at radius 3 is 2.40 bits per heavy atom. The molecular weight excluding hydrogens is 380 g/mol. The van der Waals surface area contributed by atoms with Crippen LogP contribution in [0.4, 0.5) is 11.4 Å². The molecule has 0 radical (unpaired) electrons. The minimum atomic E-state index is -0.402. The van der Waals surface area contributed by atoms with E-state index in [1.54, 1.807) is 42.9 Å². The Hall–Kier alpha value is -3.61. The summed E-state index contributed by atoms with van der Waals surface area (Å²) in [5, 5.41) is 5.62. The minimum absolute atomic E-state index is 0.0107. The summed E-state index contributed by atoms with van der Waals surface area (Å²) in [5.74, 6) is -0.352. The van der Waals surface area contributed by atoms with E-state index in [1.807, 2.05) is 30.3 Å². The normalized spacial score (nSPS) is 13.5. The Bertz CT molecular complexity index is 1160. The maximum atomic E-state index is 13.0. The Morgan fingerprint density at radius 1 is 1.00 bits per heavy atom. The predicted molar refractivity (Wildman–Crippen MR) is 116 cm³/mol. The van der Waals surface area contributed by atoms with E-state index in [1.165, 1.54) is 4.68 Å². The van der Waals surface area contributed by atoms with Crippen LogP contribution in [0.3, 0.4) is 0 Å². The van der Waals surface area contributed by atoms with Gasteiger partial charge in [-0.1, -0.05) is 30.7 Å². The molecule has 1 aliphatic carbocycles. The van der Waals surface area contributed by atoms with Gasteiger partial charge in [0, 0.05) is 24.2 Å². The zero-order chi connectivity index (χ0) is 21.3. The van der Waals surface area contributed by atoms with Gasteiger partial charge in [0.25, 0.3) is 11.5 Å². The van der Waals surface area contributed by atoms with Gasteiger partial charge in [-0.3, -0.25) is 19.1 Å². The van der Waals surface area contributed by atoms with Crippen LogP contribution in [0.1, 0.15) is 35.3 Å². The molecule has 1 heterocycles. The van der Waals surface area contributed by atoms with E-state index in [-0.39, 0.29) is 23.1 Å². The van der Waals surface area contributed by atoms with Crippen molar-refractivity contribution >= 4 is 23.2 Å². The number of carbonyl (C=O) groups excluding carboxylic acids is 2. The van der Waals surface area contributed by atoms with E-state index in [9.17, 15) is 14.4 Å². The third-order valence-corrected chi connectivity index (χ3v) is 5.66. The van der Waals surface area contributed by atoms with E-state index in [0.717, 1.165) is 19.3 Å². The van der Waals surface area contributed by atoms with Crippen LogP contribution >= 0.6 is 0 Å². The maximum absolute atomic E-state index is 13.0. The lowest BCUT2D eigenvalue weighted by Crippen LogP contribution is -2.28. The molecule has 154 valence electrons. The first-order chi connectivity index (χ1) is 14.5. The molecule has 1 saturated carbocycles. The quantitative estimate of drug-likeness (QED) is 0.683. The van der Waals surface area contributed by atoms with Crippen molar-refractivity contribution in [1.29, 1.82) is 0 Å². The Morgan fingerprint density at radius 2 is 1.73 bits per heavy atom. The Balaban J connectivity index is 1.57. The number of para-hydroxylation sites is 1. The van der Waals surface area contributed by atoms with Crippen LogP contribution in [0.2, 0.25) is 0 Å². The number of hydrogen-bond donors (Lipinski definition) is 2. The van der Waals surface area contributed by atoms with Gasteiger partial charge in [0.1, 0.15) is 5.69 Å². The molecule has 2 N–H and O–H groups in total. The smallest absolute Gasteiger partial charge is 0.295 e. The van der Waals surface area contributed by atoms with Gasteiger partial charge in [-0.15, -0.1) is 0 Å². The van der Waals surface area contributed by atoms with Crippen LogP contribution in [0.25, 0.3) is 5.69 Å². The molecular formula is C23H24N4O3. The highest BCUT2D eigenvalue weighted by Gasteiger charge is 2.25. The molecule has 0 spiro atoms. The molecule has 1 fully saturated rings. The predicted octanol–water partition coefficient (Wildman–Crippen LogP) is 3.48. The first kappa shape index (κ1) is 19.7. The first-order valence-corrected chi connectivity index (χ1v) is 10.0. The van der Waals surface area contributed by atoms with Crippen LogP contribution in [-0.2, 0) is 11.8 Å². The molecule has 0 atom stereocenters. The van der Waals surface area contributed by atoms with Gasteiger partial charge in [0.15, 0.2) is 0 Å². The van der Waals surface area contributed by atoms with Crippen LogP contribution in [-0.4, -0.2) is 21.2 Å². The first-order valence-electron chi connectivity index (χ1n) is 10.0. The molecule has 0 unspecified atom stereocenters. The zero-order valence-electron chi connectivity index (χ0n) is 17.0. The Kier molecular flexibility index (Phi) is 5.27. The topological polar surface area (TPSA) is 85.1 Å². The fraction of sp³-hybridized carbons (Fsp3) is 0.261. The van der Waals surface area contributed by atoms with Crippen molar-refractivity contribution in [3.63, 3.8) is 0 Å². The average molecular weight is 404 g/mol. The molecule has 4 rings (SSSR count). The van der Waals surface area contributed by atoms with E-state index in [0.29, 0.717) is 22.6 Å². The number of rotatable bonds is 5. The highest BCUT2D eigenvalue weighted by molar-refractivity contribution is 6.05. The second kappa shape index (κ2) is 8.02. The largest absolute Gasteiger partial charge is 0.326 e. The summed E-state index contributed by atoms with van der Waals surface area (Å²) >= 11 is 0. The van der Waals surface area contributed by atoms with E-state index in [4.69, 9.17) is 0 Å². The number of nitrogens with zero attached hydrogens (tertiary/aromatic N) is 2. The van der Waals surface area contributed by atoms with Crippen molar-refractivity contribution in [2.75, 3.05) is 10.6 Å². The van der Waals surface area contributed by atoms with Crippen LogP contribution in [0.15, 0.2) is 59.4 Å². The highest BCUT2D eigenvalue weighted by Crippen LogP contribution is 2.27. The number of carbonyl (C=O) groups is 2. The molecule has 7 heteroatoms. The summed E-state index contributed by atoms with van der Waals surface area (Å²) in [4.78, 5) is 38.0. The lowest BCUT2D eigenvalue weighted by Gasteiger charge is -2.24. The van der Waals surface area contributed by atoms with Gasteiger partial charge in [-0.25, -0.2) is 4.68 Å². The van der Waals surface area contributed by atoms with Crippen molar-refractivity contribution in [2.24, 2.45) is 13.0 Å². The number of benzene rings is 2. The highest BCUT2D eigenvalue weighted by atomic mass is 16.2. The van der Waals surface area contributed by atoms with Crippen LogP contribution < -0.4 is 16.2 Å². The van der Waals surface area contributed by atoms with E-state index < -0.39 is 5.91 Å². The van der Waals surface area contributed by atoms with Gasteiger partial charge in [0.05, 0.1) is 11.4 Å². The summed E-state index contributed by atoms with van der Waals surface area (Å²) in [6.07, 6.45) is 2.90. The molecule has 0 saturated heterocycles. The summed E-state index contributed by atoms with van der Waals surface area (Å²) in [7, 11) is 1.77. The molecule has 1 aliphatic rings. The summed E-state index contributed by atoms with van der Waals surface area (Å²) in [6.45, 7) is 1.78. The third-order valence-electron chi connectivity index (χ3n) is 5.66. The second-order valence-electron chi connectivity index (χ2n) is 7.59. The minimum Gasteiger partial charge on any atom is -0.326 e. The van der Waals surface area contributed by atoms with Crippen LogP contribution in [0.5, 0.6) is 0 Å². The standard InChI is InChI=1S/C23H24N4O3/c1-15-20(23(30)27(26(15)2)19-12-4-3-5-13-19)25-22(29)17-10-7-11-18(14-17)24-21(28)16-8-6-9-16/h3-5,7,10-14,16H,6,8-9H2,1-2H3,(H,24,28)(H,25,29). The van der Waals surface area contributed by atoms with Crippen molar-refractivity contribution in [3.8, 4) is 5.69 Å². The van der Waals surface area contributed by atoms with Crippen molar-refractivity contribution in [3.05, 3.63) is 76.2 Å². The molecule has 7 nitrogen and oxygen atoms in total. The average Bonchev–Trinajstić information content (AvgIpc) is 2.90. The maximum Gasteiger partial charge on any atom is 0.295 e. The summed E-state index contributed by atoms with van der Waals surface area (Å²) in [5.41, 5.74) is 2.24. The van der Waals surface area contributed by atoms with Crippen molar-refractivity contribution < 1.29 is 9.59 Å². The molecule has 3 aromatic rings. The lowest BCUT2D eigenvalue weighted by atomic mass is 9.85. The second-order valence-corrected chi connectivity index (χ2v) is 7.59. The Labute approximate surface area is 174 Å². The number of hydrogen-bond acceptors (Lipinski definition) is 3.